The Hall–Kier alpha value is -2.60. The Labute approximate surface area is 168 Å². The van der Waals surface area contributed by atoms with Crippen molar-refractivity contribution in [1.29, 1.82) is 0 Å². The summed E-state index contributed by atoms with van der Waals surface area (Å²) in [6.45, 7) is 2.69. The standard InChI is InChI=1S/C22H22N4OS/c1-14(21(27)26-13-12-15-6-2-5-9-19(15)26)28-22-24-18-8-4-3-7-17(18)20(25-22)23-16-10-11-16/h2-9,14,16H,10-13H2,1H3,(H,23,24,25). The van der Waals surface area contributed by atoms with Gasteiger partial charge in [-0.25, -0.2) is 9.97 Å². The molecule has 1 amide bonds. The molecule has 1 aromatic heterocycles. The van der Waals surface area contributed by atoms with Gasteiger partial charge in [-0.2, -0.15) is 0 Å². The van der Waals surface area contributed by atoms with Crippen LogP contribution in [0.5, 0.6) is 0 Å². The molecule has 0 spiro atoms. The Morgan fingerprint density at radius 1 is 1.14 bits per heavy atom. The van der Waals surface area contributed by atoms with Gasteiger partial charge in [0.05, 0.1) is 10.8 Å². The molecule has 2 aliphatic rings. The van der Waals surface area contributed by atoms with Gasteiger partial charge in [-0.1, -0.05) is 42.1 Å². The highest BCUT2D eigenvalue weighted by atomic mass is 32.2. The zero-order valence-corrected chi connectivity index (χ0v) is 16.6. The molecule has 2 heterocycles. The van der Waals surface area contributed by atoms with Gasteiger partial charge < -0.3 is 10.2 Å². The number of hydrogen-bond acceptors (Lipinski definition) is 5. The number of amides is 1. The van der Waals surface area contributed by atoms with Crippen molar-refractivity contribution >= 4 is 40.1 Å². The minimum atomic E-state index is -0.249. The fourth-order valence-electron chi connectivity index (χ4n) is 3.63. The molecule has 0 saturated heterocycles. The number of thioether (sulfide) groups is 1. The number of anilines is 2. The SMILES string of the molecule is CC(Sc1nc(NC2CC2)c2ccccc2n1)C(=O)N1CCc2ccccc21. The van der Waals surface area contributed by atoms with E-state index in [0.717, 1.165) is 35.4 Å². The monoisotopic (exact) mass is 390 g/mol. The van der Waals surface area contributed by atoms with Crippen molar-refractivity contribution in [2.45, 2.75) is 42.6 Å². The molecule has 1 aliphatic carbocycles. The first kappa shape index (κ1) is 17.5. The Kier molecular flexibility index (Phi) is 4.43. The van der Waals surface area contributed by atoms with Crippen LogP contribution < -0.4 is 10.2 Å². The smallest absolute Gasteiger partial charge is 0.240 e. The van der Waals surface area contributed by atoms with Crippen molar-refractivity contribution < 1.29 is 4.79 Å². The molecule has 2 aromatic carbocycles. The third kappa shape index (κ3) is 3.33. The minimum absolute atomic E-state index is 0.114. The van der Waals surface area contributed by atoms with Crippen LogP contribution in [0.3, 0.4) is 0 Å². The van der Waals surface area contributed by atoms with Gasteiger partial charge in [0.15, 0.2) is 5.16 Å². The van der Waals surface area contributed by atoms with E-state index < -0.39 is 0 Å². The second-order valence-electron chi connectivity index (χ2n) is 7.42. The van der Waals surface area contributed by atoms with E-state index in [-0.39, 0.29) is 11.2 Å². The van der Waals surface area contributed by atoms with E-state index in [1.165, 1.54) is 30.2 Å². The summed E-state index contributed by atoms with van der Waals surface area (Å²) in [7, 11) is 0. The van der Waals surface area contributed by atoms with Gasteiger partial charge in [-0.15, -0.1) is 0 Å². The van der Waals surface area contributed by atoms with Gasteiger partial charge >= 0.3 is 0 Å². The van der Waals surface area contributed by atoms with E-state index >= 15 is 0 Å². The van der Waals surface area contributed by atoms with Crippen molar-refractivity contribution in [2.75, 3.05) is 16.8 Å². The number of rotatable bonds is 5. The number of carbonyl (C=O) groups is 1. The maximum absolute atomic E-state index is 13.1. The van der Waals surface area contributed by atoms with Gasteiger partial charge in [-0.3, -0.25) is 4.79 Å². The fourth-order valence-corrected chi connectivity index (χ4v) is 4.47. The maximum Gasteiger partial charge on any atom is 0.240 e. The Morgan fingerprint density at radius 2 is 1.93 bits per heavy atom. The molecule has 142 valence electrons. The number of fused-ring (bicyclic) bond motifs is 2. The summed E-state index contributed by atoms with van der Waals surface area (Å²) in [5.74, 6) is 0.991. The predicted octanol–water partition coefficient (Wildman–Crippen LogP) is 4.27. The summed E-state index contributed by atoms with van der Waals surface area (Å²) in [5.41, 5.74) is 3.19. The third-order valence-electron chi connectivity index (χ3n) is 5.28. The lowest BCUT2D eigenvalue weighted by molar-refractivity contribution is -0.117. The Bertz CT molecular complexity index is 1050. The number of aromatic nitrogens is 2. The first-order valence-corrected chi connectivity index (χ1v) is 10.7. The summed E-state index contributed by atoms with van der Waals surface area (Å²) in [6, 6.07) is 16.7. The zero-order chi connectivity index (χ0) is 19.1. The van der Waals surface area contributed by atoms with Gasteiger partial charge in [0, 0.05) is 23.7 Å². The fraction of sp³-hybridized carbons (Fsp3) is 0.318. The van der Waals surface area contributed by atoms with Gasteiger partial charge in [0.25, 0.3) is 0 Å². The van der Waals surface area contributed by atoms with E-state index in [4.69, 9.17) is 9.97 Å². The summed E-state index contributed by atoms with van der Waals surface area (Å²) < 4.78 is 0. The third-order valence-corrected chi connectivity index (χ3v) is 6.23. The molecule has 5 rings (SSSR count). The van der Waals surface area contributed by atoms with Crippen LogP contribution in [0.1, 0.15) is 25.3 Å². The molecule has 5 nitrogen and oxygen atoms in total. The number of carbonyl (C=O) groups excluding carboxylic acids is 1. The van der Waals surface area contributed by atoms with Gasteiger partial charge in [0.1, 0.15) is 5.82 Å². The highest BCUT2D eigenvalue weighted by Gasteiger charge is 2.29. The molecule has 6 heteroatoms. The first-order valence-electron chi connectivity index (χ1n) is 9.78. The summed E-state index contributed by atoms with van der Waals surface area (Å²) in [5, 5.41) is 4.94. The summed E-state index contributed by atoms with van der Waals surface area (Å²) in [4.78, 5) is 24.4. The van der Waals surface area contributed by atoms with E-state index in [2.05, 4.69) is 11.4 Å². The Morgan fingerprint density at radius 3 is 2.79 bits per heavy atom. The van der Waals surface area contributed by atoms with Crippen molar-refractivity contribution in [3.05, 3.63) is 54.1 Å². The first-order chi connectivity index (χ1) is 13.7. The van der Waals surface area contributed by atoms with Gasteiger partial charge in [0.2, 0.25) is 5.91 Å². The topological polar surface area (TPSA) is 58.1 Å². The van der Waals surface area contributed by atoms with Crippen LogP contribution >= 0.6 is 11.8 Å². The van der Waals surface area contributed by atoms with Crippen LogP contribution in [0.4, 0.5) is 11.5 Å². The number of nitrogens with one attached hydrogen (secondary N) is 1. The molecule has 1 unspecified atom stereocenters. The highest BCUT2D eigenvalue weighted by molar-refractivity contribution is 8.00. The highest BCUT2D eigenvalue weighted by Crippen LogP contribution is 2.33. The predicted molar refractivity (Wildman–Crippen MR) is 114 cm³/mol. The second-order valence-corrected chi connectivity index (χ2v) is 8.73. The normalized spacial score (nSPS) is 16.8. The lowest BCUT2D eigenvalue weighted by Crippen LogP contribution is -2.35. The van der Waals surface area contributed by atoms with Gasteiger partial charge in [-0.05, 0) is 49.9 Å². The number of hydrogen-bond donors (Lipinski definition) is 1. The molecule has 1 atom stereocenters. The molecule has 3 aromatic rings. The molecular formula is C22H22N4OS. The van der Waals surface area contributed by atoms with Crippen LogP contribution in [-0.2, 0) is 11.2 Å². The average molecular weight is 391 g/mol. The van der Waals surface area contributed by atoms with Crippen LogP contribution in [0.2, 0.25) is 0 Å². The van der Waals surface area contributed by atoms with E-state index in [1.807, 2.05) is 54.3 Å². The molecule has 0 radical (unpaired) electrons. The number of nitrogens with zero attached hydrogens (tertiary/aromatic N) is 3. The molecule has 1 fully saturated rings. The van der Waals surface area contributed by atoms with Crippen LogP contribution in [0.15, 0.2) is 53.7 Å². The lowest BCUT2D eigenvalue weighted by Gasteiger charge is -2.21. The number of benzene rings is 2. The summed E-state index contributed by atoms with van der Waals surface area (Å²) in [6.07, 6.45) is 3.29. The van der Waals surface area contributed by atoms with E-state index in [1.54, 1.807) is 0 Å². The molecule has 0 bridgehead atoms. The van der Waals surface area contributed by atoms with Crippen LogP contribution in [0, 0.1) is 0 Å². The molecule has 28 heavy (non-hydrogen) atoms. The van der Waals surface area contributed by atoms with E-state index in [9.17, 15) is 4.79 Å². The second kappa shape index (κ2) is 7.09. The molecular weight excluding hydrogens is 368 g/mol. The van der Waals surface area contributed by atoms with Crippen molar-refractivity contribution in [1.82, 2.24) is 9.97 Å². The number of para-hydroxylation sites is 2. The summed E-state index contributed by atoms with van der Waals surface area (Å²) >= 11 is 1.44. The van der Waals surface area contributed by atoms with Crippen molar-refractivity contribution in [2.24, 2.45) is 0 Å². The zero-order valence-electron chi connectivity index (χ0n) is 15.8. The Balaban J connectivity index is 1.39. The van der Waals surface area contributed by atoms with Crippen LogP contribution in [-0.4, -0.2) is 33.7 Å². The molecule has 1 aliphatic heterocycles. The maximum atomic E-state index is 13.1. The molecule has 1 N–H and O–H groups in total. The van der Waals surface area contributed by atoms with Crippen molar-refractivity contribution in [3.8, 4) is 0 Å². The largest absolute Gasteiger partial charge is 0.367 e. The van der Waals surface area contributed by atoms with Crippen molar-refractivity contribution in [3.63, 3.8) is 0 Å². The minimum Gasteiger partial charge on any atom is -0.367 e. The average Bonchev–Trinajstić information content (AvgIpc) is 3.43. The van der Waals surface area contributed by atoms with E-state index in [0.29, 0.717) is 11.2 Å². The lowest BCUT2D eigenvalue weighted by atomic mass is 10.2. The molecule has 1 saturated carbocycles. The quantitative estimate of drug-likeness (QED) is 0.521. The van der Waals surface area contributed by atoms with Crippen LogP contribution in [0.25, 0.3) is 10.9 Å².